The molecule has 19 heavy (non-hydrogen) atoms. The Morgan fingerprint density at radius 2 is 2.00 bits per heavy atom. The lowest BCUT2D eigenvalue weighted by Crippen LogP contribution is -2.64. The van der Waals surface area contributed by atoms with Crippen LogP contribution in [-0.2, 0) is 14.8 Å². The lowest BCUT2D eigenvalue weighted by atomic mass is 9.84. The van der Waals surface area contributed by atoms with Crippen LogP contribution in [0, 0.1) is 6.92 Å². The molecule has 0 radical (unpaired) electrons. The summed E-state index contributed by atoms with van der Waals surface area (Å²) in [7, 11) is -3.53. The highest BCUT2D eigenvalue weighted by Crippen LogP contribution is 2.24. The first-order valence-corrected chi connectivity index (χ1v) is 7.88. The molecule has 1 aromatic rings. The number of nitrogens with two attached hydrogens (primary N) is 1. The van der Waals surface area contributed by atoms with Crippen LogP contribution in [0.3, 0.4) is 0 Å². The Balaban J connectivity index is 2.10. The highest BCUT2D eigenvalue weighted by atomic mass is 32.2. The van der Waals surface area contributed by atoms with Crippen LogP contribution < -0.4 is 10.5 Å². The van der Waals surface area contributed by atoms with Crippen LogP contribution in [0.25, 0.3) is 0 Å². The topological polar surface area (TPSA) is 81.4 Å². The number of nitrogens with one attached hydrogen (secondary N) is 1. The van der Waals surface area contributed by atoms with Crippen molar-refractivity contribution in [2.45, 2.75) is 43.4 Å². The molecule has 106 valence electrons. The Hall–Kier alpha value is -0.950. The molecule has 1 fully saturated rings. The fraction of sp³-hybridized carbons (Fsp3) is 0.538. The first-order chi connectivity index (χ1) is 8.94. The van der Waals surface area contributed by atoms with Gasteiger partial charge in [-0.25, -0.2) is 13.1 Å². The quantitative estimate of drug-likeness (QED) is 0.837. The van der Waals surface area contributed by atoms with Gasteiger partial charge >= 0.3 is 0 Å². The van der Waals surface area contributed by atoms with E-state index < -0.39 is 10.0 Å². The predicted octanol–water partition coefficient (Wildman–Crippen LogP) is 0.778. The molecule has 1 saturated carbocycles. The summed E-state index contributed by atoms with van der Waals surface area (Å²) in [6.45, 7) is 4.35. The van der Waals surface area contributed by atoms with E-state index in [1.807, 2.05) is 13.8 Å². The zero-order valence-electron chi connectivity index (χ0n) is 11.2. The summed E-state index contributed by atoms with van der Waals surface area (Å²) in [6, 6.07) is 6.21. The smallest absolute Gasteiger partial charge is 0.240 e. The van der Waals surface area contributed by atoms with Crippen LogP contribution in [-0.4, -0.2) is 33.2 Å². The molecule has 1 aliphatic rings. The van der Waals surface area contributed by atoms with Gasteiger partial charge in [0.1, 0.15) is 0 Å². The molecule has 0 saturated heterocycles. The largest absolute Gasteiger partial charge is 0.377 e. The fourth-order valence-corrected chi connectivity index (χ4v) is 3.47. The molecule has 5 nitrogen and oxygen atoms in total. The average molecular weight is 284 g/mol. The third-order valence-corrected chi connectivity index (χ3v) is 4.84. The van der Waals surface area contributed by atoms with Gasteiger partial charge in [0.25, 0.3) is 0 Å². The number of rotatable bonds is 5. The van der Waals surface area contributed by atoms with Crippen molar-refractivity contribution in [3.63, 3.8) is 0 Å². The molecular formula is C13H20N2O3S. The third kappa shape index (κ3) is 3.14. The summed E-state index contributed by atoms with van der Waals surface area (Å²) >= 11 is 0. The van der Waals surface area contributed by atoms with E-state index in [-0.39, 0.29) is 23.1 Å². The minimum absolute atomic E-state index is 0.125. The molecule has 0 aromatic heterocycles. The summed E-state index contributed by atoms with van der Waals surface area (Å²) in [6.07, 6.45) is 0.565. The van der Waals surface area contributed by atoms with E-state index in [4.69, 9.17) is 10.5 Å². The number of aryl methyl sites for hydroxylation is 1. The van der Waals surface area contributed by atoms with E-state index in [9.17, 15) is 8.42 Å². The highest BCUT2D eigenvalue weighted by Gasteiger charge is 2.41. The molecule has 3 N–H and O–H groups in total. The van der Waals surface area contributed by atoms with E-state index in [2.05, 4.69) is 4.72 Å². The van der Waals surface area contributed by atoms with Crippen LogP contribution >= 0.6 is 0 Å². The number of hydrogen-bond donors (Lipinski definition) is 2. The standard InChI is InChI=1S/C13H20N2O3S/c1-3-18-12-8-11(14)13(12)15-19(16,17)10-6-4-9(2)5-7-10/h4-7,11-13,15H,3,8,14H2,1-2H3. The first kappa shape index (κ1) is 14.5. The summed E-state index contributed by atoms with van der Waals surface area (Å²) in [4.78, 5) is 0.257. The first-order valence-electron chi connectivity index (χ1n) is 6.40. The van der Waals surface area contributed by atoms with E-state index in [1.54, 1.807) is 24.3 Å². The molecule has 0 amide bonds. The van der Waals surface area contributed by atoms with E-state index >= 15 is 0 Å². The van der Waals surface area contributed by atoms with Gasteiger partial charge in [-0.1, -0.05) is 17.7 Å². The third-order valence-electron chi connectivity index (χ3n) is 3.37. The second kappa shape index (κ2) is 5.58. The van der Waals surface area contributed by atoms with Gasteiger partial charge in [0.2, 0.25) is 10.0 Å². The monoisotopic (exact) mass is 284 g/mol. The van der Waals surface area contributed by atoms with Gasteiger partial charge in [0, 0.05) is 12.6 Å². The minimum Gasteiger partial charge on any atom is -0.377 e. The average Bonchev–Trinajstić information content (AvgIpc) is 2.37. The molecule has 3 atom stereocenters. The van der Waals surface area contributed by atoms with Crippen molar-refractivity contribution in [3.05, 3.63) is 29.8 Å². The van der Waals surface area contributed by atoms with Crippen molar-refractivity contribution in [1.29, 1.82) is 0 Å². The maximum atomic E-state index is 12.2. The molecule has 0 aliphatic heterocycles. The Labute approximate surface area is 114 Å². The van der Waals surface area contributed by atoms with Crippen molar-refractivity contribution in [2.75, 3.05) is 6.61 Å². The highest BCUT2D eigenvalue weighted by molar-refractivity contribution is 7.89. The Morgan fingerprint density at radius 1 is 1.37 bits per heavy atom. The summed E-state index contributed by atoms with van der Waals surface area (Å²) < 4.78 is 32.5. The lowest BCUT2D eigenvalue weighted by Gasteiger charge is -2.42. The number of benzene rings is 1. The van der Waals surface area contributed by atoms with Gasteiger partial charge in [-0.15, -0.1) is 0 Å². The second-order valence-electron chi connectivity index (χ2n) is 4.85. The van der Waals surface area contributed by atoms with Gasteiger partial charge in [0.05, 0.1) is 17.0 Å². The van der Waals surface area contributed by atoms with Crippen LogP contribution in [0.2, 0.25) is 0 Å². The van der Waals surface area contributed by atoms with E-state index in [1.165, 1.54) is 0 Å². The van der Waals surface area contributed by atoms with Gasteiger partial charge in [-0.05, 0) is 32.4 Å². The van der Waals surface area contributed by atoms with Crippen LogP contribution in [0.4, 0.5) is 0 Å². The zero-order chi connectivity index (χ0) is 14.0. The normalized spacial score (nSPS) is 27.0. The minimum atomic E-state index is -3.53. The Morgan fingerprint density at radius 3 is 2.53 bits per heavy atom. The van der Waals surface area contributed by atoms with Gasteiger partial charge in [-0.3, -0.25) is 0 Å². The van der Waals surface area contributed by atoms with E-state index in [0.717, 1.165) is 5.56 Å². The van der Waals surface area contributed by atoms with E-state index in [0.29, 0.717) is 13.0 Å². The van der Waals surface area contributed by atoms with Gasteiger partial charge < -0.3 is 10.5 Å². The molecule has 0 heterocycles. The molecule has 0 bridgehead atoms. The summed E-state index contributed by atoms with van der Waals surface area (Å²) in [5, 5.41) is 0. The Bertz CT molecular complexity index is 525. The van der Waals surface area contributed by atoms with Crippen molar-refractivity contribution in [1.82, 2.24) is 4.72 Å². The second-order valence-corrected chi connectivity index (χ2v) is 6.57. The molecular weight excluding hydrogens is 264 g/mol. The maximum absolute atomic E-state index is 12.2. The van der Waals surface area contributed by atoms with Gasteiger partial charge in [0.15, 0.2) is 0 Å². The zero-order valence-corrected chi connectivity index (χ0v) is 12.0. The molecule has 1 aromatic carbocycles. The Kier molecular flexibility index (Phi) is 4.25. The maximum Gasteiger partial charge on any atom is 0.240 e. The van der Waals surface area contributed by atoms with Crippen molar-refractivity contribution >= 4 is 10.0 Å². The number of ether oxygens (including phenoxy) is 1. The van der Waals surface area contributed by atoms with Crippen molar-refractivity contribution < 1.29 is 13.2 Å². The van der Waals surface area contributed by atoms with Crippen molar-refractivity contribution in [3.8, 4) is 0 Å². The number of sulfonamides is 1. The molecule has 1 aliphatic carbocycles. The fourth-order valence-electron chi connectivity index (χ4n) is 2.16. The molecule has 0 spiro atoms. The number of hydrogen-bond acceptors (Lipinski definition) is 4. The summed E-state index contributed by atoms with van der Waals surface area (Å²) in [5.41, 5.74) is 6.87. The summed E-state index contributed by atoms with van der Waals surface area (Å²) in [5.74, 6) is 0. The molecule has 2 rings (SSSR count). The molecule has 3 unspecified atom stereocenters. The van der Waals surface area contributed by atoms with Crippen LogP contribution in [0.5, 0.6) is 0 Å². The van der Waals surface area contributed by atoms with Crippen molar-refractivity contribution in [2.24, 2.45) is 5.73 Å². The molecule has 6 heteroatoms. The predicted molar refractivity (Wildman–Crippen MR) is 73.3 cm³/mol. The van der Waals surface area contributed by atoms with Crippen LogP contribution in [0.15, 0.2) is 29.2 Å². The van der Waals surface area contributed by atoms with Gasteiger partial charge in [-0.2, -0.15) is 0 Å². The van der Waals surface area contributed by atoms with Crippen LogP contribution in [0.1, 0.15) is 18.9 Å². The lowest BCUT2D eigenvalue weighted by molar-refractivity contribution is -0.0248. The SMILES string of the molecule is CCOC1CC(N)C1NS(=O)(=O)c1ccc(C)cc1.